The Bertz CT molecular complexity index is 340. The number of aromatic nitrogens is 2. The minimum Gasteiger partial charge on any atom is -0.378 e. The van der Waals surface area contributed by atoms with Gasteiger partial charge in [0.15, 0.2) is 5.78 Å². The predicted octanol–water partition coefficient (Wildman–Crippen LogP) is 1.65. The molecule has 2 rings (SSSR count). The lowest BCUT2D eigenvalue weighted by atomic mass is 10.1. The number of carbonyl (C=O) groups excluding carboxylic acids is 1. The Morgan fingerprint density at radius 3 is 3.27 bits per heavy atom. The molecule has 0 aromatic carbocycles. The second-order valence-electron chi connectivity index (χ2n) is 3.79. The van der Waals surface area contributed by atoms with E-state index in [0.717, 1.165) is 26.0 Å². The Morgan fingerprint density at radius 1 is 1.73 bits per heavy atom. The van der Waals surface area contributed by atoms with Crippen molar-refractivity contribution in [1.82, 2.24) is 9.78 Å². The number of aryl methyl sites for hydroxylation is 1. The normalized spacial score (nSPS) is 20.7. The molecule has 1 unspecified atom stereocenters. The third-order valence-electron chi connectivity index (χ3n) is 2.74. The van der Waals surface area contributed by atoms with Crippen molar-refractivity contribution in [3.63, 3.8) is 0 Å². The fourth-order valence-electron chi connectivity index (χ4n) is 1.94. The summed E-state index contributed by atoms with van der Waals surface area (Å²) in [5, 5.41) is 4.09. The molecule has 0 saturated carbocycles. The second-order valence-corrected chi connectivity index (χ2v) is 3.79. The molecule has 0 bridgehead atoms. The van der Waals surface area contributed by atoms with Gasteiger partial charge in [0.1, 0.15) is 5.69 Å². The van der Waals surface area contributed by atoms with E-state index >= 15 is 0 Å². The molecule has 1 saturated heterocycles. The first kappa shape index (κ1) is 10.4. The molecule has 0 N–H and O–H groups in total. The van der Waals surface area contributed by atoms with E-state index in [4.69, 9.17) is 4.74 Å². The summed E-state index contributed by atoms with van der Waals surface area (Å²) in [6.07, 6.45) is 4.37. The summed E-state index contributed by atoms with van der Waals surface area (Å²) in [6.45, 7) is 3.51. The van der Waals surface area contributed by atoms with Crippen molar-refractivity contribution >= 4 is 5.78 Å². The number of hydrogen-bond donors (Lipinski definition) is 0. The van der Waals surface area contributed by atoms with Gasteiger partial charge < -0.3 is 4.74 Å². The molecule has 4 nitrogen and oxygen atoms in total. The summed E-state index contributed by atoms with van der Waals surface area (Å²) >= 11 is 0. The van der Waals surface area contributed by atoms with Crippen LogP contribution in [-0.4, -0.2) is 28.3 Å². The molecule has 15 heavy (non-hydrogen) atoms. The quantitative estimate of drug-likeness (QED) is 0.707. The molecule has 4 heteroatoms. The van der Waals surface area contributed by atoms with Gasteiger partial charge in [0.05, 0.1) is 6.10 Å². The summed E-state index contributed by atoms with van der Waals surface area (Å²) in [7, 11) is 0. The summed E-state index contributed by atoms with van der Waals surface area (Å²) in [5.74, 6) is 0.140. The molecule has 1 aliphatic rings. The van der Waals surface area contributed by atoms with Gasteiger partial charge >= 0.3 is 0 Å². The first-order valence-corrected chi connectivity index (χ1v) is 5.48. The zero-order valence-electron chi connectivity index (χ0n) is 8.98. The van der Waals surface area contributed by atoms with Crippen LogP contribution in [0.3, 0.4) is 0 Å². The standard InChI is InChI=1S/C11H16N2O2/c1-2-13-10(5-6-12-13)11(14)8-9-4-3-7-15-9/h5-6,9H,2-4,7-8H2,1H3. The number of ether oxygens (including phenoxy) is 1. The second kappa shape index (κ2) is 4.57. The molecule has 1 aliphatic heterocycles. The zero-order chi connectivity index (χ0) is 10.7. The lowest BCUT2D eigenvalue weighted by molar-refractivity contribution is 0.0767. The molecule has 1 fully saturated rings. The van der Waals surface area contributed by atoms with Crippen LogP contribution < -0.4 is 0 Å². The Morgan fingerprint density at radius 2 is 2.60 bits per heavy atom. The summed E-state index contributed by atoms with van der Waals surface area (Å²) in [5.41, 5.74) is 0.702. The van der Waals surface area contributed by atoms with Gasteiger partial charge in [0, 0.05) is 25.8 Å². The molecule has 0 amide bonds. The molecular weight excluding hydrogens is 192 g/mol. The van der Waals surface area contributed by atoms with Gasteiger partial charge in [-0.3, -0.25) is 9.48 Å². The highest BCUT2D eigenvalue weighted by Crippen LogP contribution is 2.17. The van der Waals surface area contributed by atoms with Crippen LogP contribution in [0.15, 0.2) is 12.3 Å². The number of Topliss-reactive ketones (excluding diaryl/α,β-unsaturated/α-hetero) is 1. The van der Waals surface area contributed by atoms with Crippen LogP contribution in [-0.2, 0) is 11.3 Å². The zero-order valence-corrected chi connectivity index (χ0v) is 8.98. The van der Waals surface area contributed by atoms with Crippen molar-refractivity contribution in [2.75, 3.05) is 6.61 Å². The Labute approximate surface area is 89.2 Å². The van der Waals surface area contributed by atoms with E-state index in [9.17, 15) is 4.79 Å². The molecule has 0 radical (unpaired) electrons. The van der Waals surface area contributed by atoms with Crippen LogP contribution in [0.2, 0.25) is 0 Å². The maximum Gasteiger partial charge on any atom is 0.183 e. The highest BCUT2D eigenvalue weighted by atomic mass is 16.5. The first-order valence-electron chi connectivity index (χ1n) is 5.48. The largest absolute Gasteiger partial charge is 0.378 e. The van der Waals surface area contributed by atoms with E-state index in [0.29, 0.717) is 12.1 Å². The van der Waals surface area contributed by atoms with Crippen molar-refractivity contribution in [3.05, 3.63) is 18.0 Å². The molecule has 0 aliphatic carbocycles. The topological polar surface area (TPSA) is 44.1 Å². The molecule has 1 aromatic rings. The third-order valence-corrected chi connectivity index (χ3v) is 2.74. The minimum absolute atomic E-state index is 0.123. The smallest absolute Gasteiger partial charge is 0.183 e. The Balaban J connectivity index is 2.00. The predicted molar refractivity (Wildman–Crippen MR) is 55.8 cm³/mol. The van der Waals surface area contributed by atoms with Gasteiger partial charge in [-0.25, -0.2) is 0 Å². The lowest BCUT2D eigenvalue weighted by Crippen LogP contribution is -2.16. The molecule has 1 atom stereocenters. The van der Waals surface area contributed by atoms with E-state index in [1.165, 1.54) is 0 Å². The first-order chi connectivity index (χ1) is 7.31. The van der Waals surface area contributed by atoms with E-state index in [-0.39, 0.29) is 11.9 Å². The molecule has 0 spiro atoms. The number of hydrogen-bond acceptors (Lipinski definition) is 3. The van der Waals surface area contributed by atoms with Gasteiger partial charge in [0.25, 0.3) is 0 Å². The van der Waals surface area contributed by atoms with Crippen LogP contribution in [0, 0.1) is 0 Å². The van der Waals surface area contributed by atoms with Gasteiger partial charge in [0.2, 0.25) is 0 Å². The maximum atomic E-state index is 11.9. The van der Waals surface area contributed by atoms with Gasteiger partial charge in [-0.1, -0.05) is 0 Å². The van der Waals surface area contributed by atoms with Crippen LogP contribution in [0.5, 0.6) is 0 Å². The lowest BCUT2D eigenvalue weighted by Gasteiger charge is -2.08. The van der Waals surface area contributed by atoms with Crippen LogP contribution >= 0.6 is 0 Å². The monoisotopic (exact) mass is 208 g/mol. The summed E-state index contributed by atoms with van der Waals surface area (Å²) < 4.78 is 7.18. The van der Waals surface area contributed by atoms with Crippen molar-refractivity contribution in [2.24, 2.45) is 0 Å². The minimum atomic E-state index is 0.123. The van der Waals surface area contributed by atoms with Crippen molar-refractivity contribution < 1.29 is 9.53 Å². The van der Waals surface area contributed by atoms with E-state index < -0.39 is 0 Å². The van der Waals surface area contributed by atoms with Gasteiger partial charge in [-0.15, -0.1) is 0 Å². The average Bonchev–Trinajstić information content (AvgIpc) is 2.86. The van der Waals surface area contributed by atoms with Gasteiger partial charge in [-0.05, 0) is 25.8 Å². The summed E-state index contributed by atoms with van der Waals surface area (Å²) in [4.78, 5) is 11.9. The molecule has 1 aromatic heterocycles. The Hall–Kier alpha value is -1.16. The Kier molecular flexibility index (Phi) is 3.16. The van der Waals surface area contributed by atoms with E-state index in [2.05, 4.69) is 5.10 Å². The summed E-state index contributed by atoms with van der Waals surface area (Å²) in [6, 6.07) is 1.78. The fraction of sp³-hybridized carbons (Fsp3) is 0.636. The number of nitrogens with zero attached hydrogens (tertiary/aromatic N) is 2. The van der Waals surface area contributed by atoms with E-state index in [1.807, 2.05) is 6.92 Å². The highest BCUT2D eigenvalue weighted by Gasteiger charge is 2.21. The number of carbonyl (C=O) groups is 1. The van der Waals surface area contributed by atoms with Crippen molar-refractivity contribution in [1.29, 1.82) is 0 Å². The highest BCUT2D eigenvalue weighted by molar-refractivity contribution is 5.94. The number of rotatable bonds is 4. The fourth-order valence-corrected chi connectivity index (χ4v) is 1.94. The number of ketones is 1. The molecule has 82 valence electrons. The SMILES string of the molecule is CCn1nccc1C(=O)CC1CCCO1. The van der Waals surface area contributed by atoms with Crippen molar-refractivity contribution in [3.8, 4) is 0 Å². The molecule has 2 heterocycles. The van der Waals surface area contributed by atoms with Crippen LogP contribution in [0.4, 0.5) is 0 Å². The third kappa shape index (κ3) is 2.26. The van der Waals surface area contributed by atoms with Crippen molar-refractivity contribution in [2.45, 2.75) is 38.8 Å². The van der Waals surface area contributed by atoms with Gasteiger partial charge in [-0.2, -0.15) is 5.10 Å². The maximum absolute atomic E-state index is 11.9. The molecular formula is C11H16N2O2. The average molecular weight is 208 g/mol. The van der Waals surface area contributed by atoms with Crippen LogP contribution in [0.1, 0.15) is 36.7 Å². The van der Waals surface area contributed by atoms with E-state index in [1.54, 1.807) is 16.9 Å². The van der Waals surface area contributed by atoms with Crippen LogP contribution in [0.25, 0.3) is 0 Å².